The lowest BCUT2D eigenvalue weighted by molar-refractivity contribution is 0.487. The highest BCUT2D eigenvalue weighted by molar-refractivity contribution is 9.13. The minimum atomic E-state index is -0.232. The Labute approximate surface area is 441 Å². The van der Waals surface area contributed by atoms with Crippen molar-refractivity contribution >= 4 is 76.9 Å². The molecule has 0 aliphatic heterocycles. The van der Waals surface area contributed by atoms with Crippen LogP contribution in [0.4, 0.5) is 0 Å². The lowest BCUT2D eigenvalue weighted by atomic mass is 9.80. The van der Waals surface area contributed by atoms with E-state index in [9.17, 15) is 0 Å². The number of halogens is 4. The number of benzene rings is 4. The van der Waals surface area contributed by atoms with Crippen LogP contribution in [0.1, 0.15) is 255 Å². The number of hydrogen-bond acceptors (Lipinski definition) is 0. The van der Waals surface area contributed by atoms with Crippen molar-refractivity contribution in [2.24, 2.45) is 0 Å². The van der Waals surface area contributed by atoms with Gasteiger partial charge in [0.25, 0.3) is 0 Å². The SMILES string of the molecule is CC(C)c1cc(C(C)C)c(Br)c(C(C)C)c1.Cc1c(C)c(Br)c(P(C2CCCCC2)C2CCCCC2)c(-c2c(C(C)C)cc(C(C)C)cc2C(C)C)c1C.Cc1c(C)c(C)c(Br)c(Br)c1C. The van der Waals surface area contributed by atoms with Crippen LogP contribution in [0.15, 0.2) is 42.2 Å². The molecule has 0 atom stereocenters. The third-order valence-electron chi connectivity index (χ3n) is 15.5. The zero-order valence-corrected chi connectivity index (χ0v) is 52.2. The average Bonchev–Trinajstić information content (AvgIpc) is 3.28. The van der Waals surface area contributed by atoms with Crippen LogP contribution in [-0.2, 0) is 0 Å². The maximum absolute atomic E-state index is 4.32. The second kappa shape index (κ2) is 25.6. The molecular formula is C61H89Br4P. The first-order chi connectivity index (χ1) is 30.8. The van der Waals surface area contributed by atoms with Crippen LogP contribution in [0.2, 0.25) is 0 Å². The first-order valence-corrected chi connectivity index (χ1v) is 30.5. The molecule has 0 spiro atoms. The molecule has 6 rings (SSSR count). The summed E-state index contributed by atoms with van der Waals surface area (Å²) in [6.45, 7) is 43.8. The lowest BCUT2D eigenvalue weighted by Gasteiger charge is -2.41. The summed E-state index contributed by atoms with van der Waals surface area (Å²) in [4.78, 5) is 0. The first-order valence-electron chi connectivity index (χ1n) is 25.8. The third kappa shape index (κ3) is 13.4. The fraction of sp³-hybridized carbons (Fsp3) is 0.607. The van der Waals surface area contributed by atoms with E-state index in [2.05, 4.69) is 220 Å². The van der Waals surface area contributed by atoms with E-state index in [1.54, 1.807) is 33.1 Å². The molecule has 2 aliphatic rings. The molecule has 0 bridgehead atoms. The second-order valence-electron chi connectivity index (χ2n) is 22.0. The van der Waals surface area contributed by atoms with E-state index in [1.807, 2.05) is 0 Å². The highest BCUT2D eigenvalue weighted by Crippen LogP contribution is 2.59. The minimum Gasteiger partial charge on any atom is -0.0670 e. The summed E-state index contributed by atoms with van der Waals surface area (Å²) in [5.74, 6) is 3.31. The van der Waals surface area contributed by atoms with Crippen LogP contribution < -0.4 is 5.30 Å². The Hall–Kier alpha value is -0.770. The van der Waals surface area contributed by atoms with Gasteiger partial charge in [0.2, 0.25) is 0 Å². The zero-order valence-electron chi connectivity index (χ0n) is 45.0. The van der Waals surface area contributed by atoms with Gasteiger partial charge in [-0.15, -0.1) is 0 Å². The van der Waals surface area contributed by atoms with Gasteiger partial charge in [-0.05, 0) is 258 Å². The standard InChI is InChI=1S/C36H54BrP.C15H23Br.C10H12Br2/c1-22(2)28-20-31(23(3)4)34(32(21-28)24(5)6)33-26(8)25(7)27(9)35(37)36(33)38(29-16-12-10-13-17-29)30-18-14-11-15-19-30;1-9(2)12-7-13(10(3)4)15(16)14(8-12)11(5)6;1-5-6(2)8(4)10(12)9(11)7(5)3/h20-24,29-30H,10-19H2,1-9H3;7-11H,1-6H3;1-4H3. The van der Waals surface area contributed by atoms with Crippen LogP contribution in [-0.4, -0.2) is 11.3 Å². The van der Waals surface area contributed by atoms with Gasteiger partial charge in [0.15, 0.2) is 0 Å². The van der Waals surface area contributed by atoms with Gasteiger partial charge >= 0.3 is 0 Å². The molecule has 0 amide bonds. The van der Waals surface area contributed by atoms with Gasteiger partial charge in [-0.2, -0.15) is 0 Å². The van der Waals surface area contributed by atoms with Gasteiger partial charge < -0.3 is 0 Å². The van der Waals surface area contributed by atoms with E-state index in [0.29, 0.717) is 35.5 Å². The van der Waals surface area contributed by atoms with Crippen LogP contribution >= 0.6 is 71.6 Å². The molecule has 366 valence electrons. The van der Waals surface area contributed by atoms with Crippen molar-refractivity contribution in [1.82, 2.24) is 0 Å². The van der Waals surface area contributed by atoms with Gasteiger partial charge in [-0.25, -0.2) is 0 Å². The Bertz CT molecular complexity index is 2080. The predicted molar refractivity (Wildman–Crippen MR) is 314 cm³/mol. The fourth-order valence-corrected chi connectivity index (χ4v) is 17.9. The highest BCUT2D eigenvalue weighted by atomic mass is 79.9. The highest BCUT2D eigenvalue weighted by Gasteiger charge is 2.37. The van der Waals surface area contributed by atoms with E-state index < -0.39 is 0 Å². The third-order valence-corrected chi connectivity index (χ3v) is 23.7. The molecule has 0 aromatic heterocycles. The maximum atomic E-state index is 4.32. The first kappa shape index (κ1) is 57.8. The van der Waals surface area contributed by atoms with E-state index in [1.165, 1.54) is 138 Å². The minimum absolute atomic E-state index is 0.232. The van der Waals surface area contributed by atoms with Gasteiger partial charge in [0.1, 0.15) is 0 Å². The Kier molecular flexibility index (Phi) is 22.4. The summed E-state index contributed by atoms with van der Waals surface area (Å²) in [6, 6.07) is 9.86. The topological polar surface area (TPSA) is 0 Å². The molecule has 0 heterocycles. The van der Waals surface area contributed by atoms with Crippen molar-refractivity contribution in [2.45, 2.75) is 243 Å². The number of rotatable bonds is 10. The van der Waals surface area contributed by atoms with Crippen LogP contribution in [0.25, 0.3) is 11.1 Å². The largest absolute Gasteiger partial charge is 0.0670 e. The van der Waals surface area contributed by atoms with Crippen molar-refractivity contribution in [3.63, 3.8) is 0 Å². The quantitative estimate of drug-likeness (QED) is 0.139. The normalized spacial score (nSPS) is 15.1. The molecule has 0 radical (unpaired) electrons. The predicted octanol–water partition coefficient (Wildman–Crippen LogP) is 22.4. The van der Waals surface area contributed by atoms with Crippen LogP contribution in [0.5, 0.6) is 0 Å². The molecule has 66 heavy (non-hydrogen) atoms. The Balaban J connectivity index is 0.000000277. The molecule has 0 N–H and O–H groups in total. The van der Waals surface area contributed by atoms with Crippen LogP contribution in [0, 0.1) is 48.5 Å². The van der Waals surface area contributed by atoms with Crippen LogP contribution in [0.3, 0.4) is 0 Å². The average molecular weight is 1170 g/mol. The summed E-state index contributed by atoms with van der Waals surface area (Å²) in [5.41, 5.74) is 23.9. The molecule has 4 aromatic carbocycles. The molecule has 2 fully saturated rings. The molecule has 5 heteroatoms. The van der Waals surface area contributed by atoms with Gasteiger partial charge in [-0.1, -0.05) is 170 Å². The Morgan fingerprint density at radius 1 is 0.348 bits per heavy atom. The summed E-state index contributed by atoms with van der Waals surface area (Å²) in [7, 11) is -0.232. The van der Waals surface area contributed by atoms with Crippen molar-refractivity contribution in [1.29, 1.82) is 0 Å². The summed E-state index contributed by atoms with van der Waals surface area (Å²) >= 11 is 15.2. The zero-order chi connectivity index (χ0) is 49.6. The molecule has 4 aromatic rings. The molecular weight excluding hydrogens is 1080 g/mol. The Morgan fingerprint density at radius 3 is 0.970 bits per heavy atom. The second-order valence-corrected chi connectivity index (χ2v) is 27.9. The van der Waals surface area contributed by atoms with E-state index in [4.69, 9.17) is 0 Å². The van der Waals surface area contributed by atoms with Crippen molar-refractivity contribution in [3.8, 4) is 11.1 Å². The van der Waals surface area contributed by atoms with Crippen molar-refractivity contribution in [3.05, 3.63) is 114 Å². The molecule has 2 aliphatic carbocycles. The van der Waals surface area contributed by atoms with Crippen molar-refractivity contribution in [2.75, 3.05) is 0 Å². The van der Waals surface area contributed by atoms with Crippen molar-refractivity contribution < 1.29 is 0 Å². The smallest absolute Gasteiger partial charge is 0.0352 e. The monoisotopic (exact) mass is 1170 g/mol. The summed E-state index contributed by atoms with van der Waals surface area (Å²) < 4.78 is 5.13. The van der Waals surface area contributed by atoms with E-state index in [0.717, 1.165) is 11.3 Å². The van der Waals surface area contributed by atoms with Gasteiger partial charge in [0.05, 0.1) is 0 Å². The maximum Gasteiger partial charge on any atom is 0.0352 e. The van der Waals surface area contributed by atoms with E-state index >= 15 is 0 Å². The van der Waals surface area contributed by atoms with Gasteiger partial charge in [0, 0.05) is 17.9 Å². The Morgan fingerprint density at radius 2 is 0.652 bits per heavy atom. The lowest BCUT2D eigenvalue weighted by Crippen LogP contribution is -2.29. The number of hydrogen-bond donors (Lipinski definition) is 0. The molecule has 2 saturated carbocycles. The molecule has 0 saturated heterocycles. The van der Waals surface area contributed by atoms with E-state index in [-0.39, 0.29) is 7.92 Å². The summed E-state index contributed by atoms with van der Waals surface area (Å²) in [5, 5.41) is 1.75. The molecule has 0 nitrogen and oxygen atoms in total. The summed E-state index contributed by atoms with van der Waals surface area (Å²) in [6.07, 6.45) is 14.4. The van der Waals surface area contributed by atoms with Gasteiger partial charge in [-0.3, -0.25) is 0 Å². The fourth-order valence-electron chi connectivity index (χ4n) is 10.4. The molecule has 0 unspecified atom stereocenters.